The van der Waals surface area contributed by atoms with Gasteiger partial charge in [0.05, 0.1) is 6.04 Å². The molecule has 0 amide bonds. The number of rotatable bonds is 2. The molecule has 1 aromatic carbocycles. The molecule has 0 radical (unpaired) electrons. The van der Waals surface area contributed by atoms with Crippen LogP contribution in [0.4, 0.5) is 0 Å². The summed E-state index contributed by atoms with van der Waals surface area (Å²) in [7, 11) is 0. The second-order valence-electron chi connectivity index (χ2n) is 4.27. The molecule has 0 aliphatic heterocycles. The summed E-state index contributed by atoms with van der Waals surface area (Å²) in [6, 6.07) is 7.66. The summed E-state index contributed by atoms with van der Waals surface area (Å²) in [5.41, 5.74) is 10.6. The molecule has 0 aliphatic carbocycles. The van der Waals surface area contributed by atoms with Gasteiger partial charge in [-0.3, -0.25) is 4.98 Å². The number of hydrogen-bond acceptors (Lipinski definition) is 2. The molecule has 1 aromatic heterocycles. The van der Waals surface area contributed by atoms with Crippen LogP contribution in [0.2, 0.25) is 5.02 Å². The van der Waals surface area contributed by atoms with E-state index in [9.17, 15) is 0 Å². The summed E-state index contributed by atoms with van der Waals surface area (Å²) in [6.07, 6.45) is 3.62. The van der Waals surface area contributed by atoms with Crippen molar-refractivity contribution in [3.05, 3.63) is 63.9 Å². The van der Waals surface area contributed by atoms with Crippen LogP contribution in [0, 0.1) is 13.8 Å². The largest absolute Gasteiger partial charge is 0.320 e. The van der Waals surface area contributed by atoms with Crippen LogP contribution in [-0.2, 0) is 0 Å². The summed E-state index contributed by atoms with van der Waals surface area (Å²) < 4.78 is 0. The average Bonchev–Trinajstić information content (AvgIpc) is 2.31. The zero-order valence-electron chi connectivity index (χ0n) is 9.94. The highest BCUT2D eigenvalue weighted by Gasteiger charge is 2.12. The lowest BCUT2D eigenvalue weighted by Gasteiger charge is -2.15. The van der Waals surface area contributed by atoms with E-state index in [2.05, 4.69) is 11.1 Å². The zero-order valence-corrected chi connectivity index (χ0v) is 10.7. The van der Waals surface area contributed by atoms with Crippen molar-refractivity contribution in [2.45, 2.75) is 19.9 Å². The molecule has 88 valence electrons. The van der Waals surface area contributed by atoms with E-state index in [1.54, 1.807) is 6.20 Å². The molecule has 3 heteroatoms. The molecule has 1 unspecified atom stereocenters. The van der Waals surface area contributed by atoms with Gasteiger partial charge >= 0.3 is 0 Å². The predicted molar refractivity (Wildman–Crippen MR) is 71.2 cm³/mol. The normalized spacial score (nSPS) is 12.5. The zero-order chi connectivity index (χ0) is 12.4. The minimum Gasteiger partial charge on any atom is -0.320 e. The Hall–Kier alpha value is -1.38. The molecule has 2 nitrogen and oxygen atoms in total. The van der Waals surface area contributed by atoms with Gasteiger partial charge < -0.3 is 5.73 Å². The average molecular weight is 247 g/mol. The van der Waals surface area contributed by atoms with Crippen molar-refractivity contribution in [2.75, 3.05) is 0 Å². The fourth-order valence-electron chi connectivity index (χ4n) is 1.87. The van der Waals surface area contributed by atoms with Crippen molar-refractivity contribution in [1.29, 1.82) is 0 Å². The summed E-state index contributed by atoms with van der Waals surface area (Å²) in [5, 5.41) is 0.710. The maximum absolute atomic E-state index is 6.26. The van der Waals surface area contributed by atoms with Gasteiger partial charge in [0.25, 0.3) is 0 Å². The number of nitrogens with zero attached hydrogens (tertiary/aromatic N) is 1. The maximum atomic E-state index is 6.26. The van der Waals surface area contributed by atoms with E-state index < -0.39 is 0 Å². The number of pyridine rings is 1. The molecule has 2 N–H and O–H groups in total. The highest BCUT2D eigenvalue weighted by molar-refractivity contribution is 6.30. The number of aromatic nitrogens is 1. The van der Waals surface area contributed by atoms with Crippen LogP contribution in [0.3, 0.4) is 0 Å². The molecule has 17 heavy (non-hydrogen) atoms. The van der Waals surface area contributed by atoms with Gasteiger partial charge in [-0.05, 0) is 48.2 Å². The van der Waals surface area contributed by atoms with Crippen molar-refractivity contribution >= 4 is 11.6 Å². The number of nitrogens with two attached hydrogens (primary N) is 1. The Morgan fingerprint density at radius 1 is 1.18 bits per heavy atom. The second-order valence-corrected chi connectivity index (χ2v) is 4.71. The number of hydrogen-bond donors (Lipinski definition) is 1. The highest BCUT2D eigenvalue weighted by atomic mass is 35.5. The Morgan fingerprint density at radius 2 is 1.94 bits per heavy atom. The van der Waals surface area contributed by atoms with E-state index in [-0.39, 0.29) is 6.04 Å². The Balaban J connectivity index is 2.43. The van der Waals surface area contributed by atoms with Crippen LogP contribution in [-0.4, -0.2) is 4.98 Å². The van der Waals surface area contributed by atoms with Gasteiger partial charge in [0, 0.05) is 17.4 Å². The van der Waals surface area contributed by atoms with Crippen LogP contribution in [0.5, 0.6) is 0 Å². The van der Waals surface area contributed by atoms with Crippen molar-refractivity contribution in [3.8, 4) is 0 Å². The molecule has 2 aromatic rings. The van der Waals surface area contributed by atoms with E-state index in [4.69, 9.17) is 17.3 Å². The van der Waals surface area contributed by atoms with Crippen LogP contribution in [0.25, 0.3) is 0 Å². The van der Waals surface area contributed by atoms with E-state index >= 15 is 0 Å². The first-order valence-electron chi connectivity index (χ1n) is 5.51. The molecular formula is C14H15ClN2. The molecule has 0 saturated carbocycles. The fraction of sp³-hybridized carbons (Fsp3) is 0.214. The Bertz CT molecular complexity index is 537. The molecule has 0 aliphatic rings. The third-order valence-electron chi connectivity index (χ3n) is 2.83. The molecule has 0 bridgehead atoms. The van der Waals surface area contributed by atoms with Crippen molar-refractivity contribution < 1.29 is 0 Å². The smallest absolute Gasteiger partial charge is 0.0570 e. The van der Waals surface area contributed by atoms with Crippen LogP contribution >= 0.6 is 11.6 Å². The van der Waals surface area contributed by atoms with Gasteiger partial charge in [-0.1, -0.05) is 23.7 Å². The SMILES string of the molecule is Cc1cncc(C(N)c2cc(Cl)ccc2C)c1. The lowest BCUT2D eigenvalue weighted by Crippen LogP contribution is -2.13. The van der Waals surface area contributed by atoms with Crippen molar-refractivity contribution in [1.82, 2.24) is 4.98 Å². The van der Waals surface area contributed by atoms with Gasteiger partial charge in [0.1, 0.15) is 0 Å². The second kappa shape index (κ2) is 4.86. The maximum Gasteiger partial charge on any atom is 0.0570 e. The van der Waals surface area contributed by atoms with E-state index in [0.717, 1.165) is 22.3 Å². The first-order chi connectivity index (χ1) is 8.08. The molecule has 2 rings (SSSR count). The number of halogens is 1. The van der Waals surface area contributed by atoms with Crippen LogP contribution < -0.4 is 5.73 Å². The molecular weight excluding hydrogens is 232 g/mol. The van der Waals surface area contributed by atoms with Gasteiger partial charge in [0.2, 0.25) is 0 Å². The summed E-state index contributed by atoms with van der Waals surface area (Å²) in [6.45, 7) is 4.04. The third-order valence-corrected chi connectivity index (χ3v) is 3.07. The van der Waals surface area contributed by atoms with E-state index in [0.29, 0.717) is 5.02 Å². The van der Waals surface area contributed by atoms with Gasteiger partial charge in [-0.25, -0.2) is 0 Å². The quantitative estimate of drug-likeness (QED) is 0.882. The third kappa shape index (κ3) is 2.65. The molecule has 0 saturated heterocycles. The van der Waals surface area contributed by atoms with Crippen LogP contribution in [0.15, 0.2) is 36.7 Å². The molecule has 1 heterocycles. The minimum atomic E-state index is -0.180. The summed E-state index contributed by atoms with van der Waals surface area (Å²) in [5.74, 6) is 0. The predicted octanol–water partition coefficient (Wildman–Crippen LogP) is 3.40. The van der Waals surface area contributed by atoms with E-state index in [1.165, 1.54) is 0 Å². The van der Waals surface area contributed by atoms with E-state index in [1.807, 2.05) is 38.2 Å². The Labute approximate surface area is 106 Å². The lowest BCUT2D eigenvalue weighted by molar-refractivity contribution is 0.851. The molecule has 0 fully saturated rings. The Kier molecular flexibility index (Phi) is 3.46. The Morgan fingerprint density at radius 3 is 2.65 bits per heavy atom. The lowest BCUT2D eigenvalue weighted by atomic mass is 9.96. The van der Waals surface area contributed by atoms with Crippen molar-refractivity contribution in [2.24, 2.45) is 5.73 Å². The first-order valence-corrected chi connectivity index (χ1v) is 5.89. The van der Waals surface area contributed by atoms with Crippen molar-refractivity contribution in [3.63, 3.8) is 0 Å². The number of aryl methyl sites for hydroxylation is 2. The standard InChI is InChI=1S/C14H15ClN2/c1-9-5-11(8-17-7-9)14(16)13-6-12(15)4-3-10(13)2/h3-8,14H,16H2,1-2H3. The summed E-state index contributed by atoms with van der Waals surface area (Å²) >= 11 is 6.01. The van der Waals surface area contributed by atoms with Gasteiger partial charge in [-0.2, -0.15) is 0 Å². The topological polar surface area (TPSA) is 38.9 Å². The fourth-order valence-corrected chi connectivity index (χ4v) is 2.05. The highest BCUT2D eigenvalue weighted by Crippen LogP contribution is 2.25. The monoisotopic (exact) mass is 246 g/mol. The first kappa shape index (κ1) is 12.1. The molecule has 0 spiro atoms. The van der Waals surface area contributed by atoms with Gasteiger partial charge in [-0.15, -0.1) is 0 Å². The van der Waals surface area contributed by atoms with Gasteiger partial charge in [0.15, 0.2) is 0 Å². The molecule has 1 atom stereocenters. The summed E-state index contributed by atoms with van der Waals surface area (Å²) in [4.78, 5) is 4.17. The minimum absolute atomic E-state index is 0.180. The van der Waals surface area contributed by atoms with Crippen LogP contribution in [0.1, 0.15) is 28.3 Å². The number of benzene rings is 1.